The van der Waals surface area contributed by atoms with Crippen LogP contribution in [0.3, 0.4) is 0 Å². The molecule has 0 saturated carbocycles. The Kier molecular flexibility index (Phi) is 5.14. The van der Waals surface area contributed by atoms with Crippen LogP contribution in [0.15, 0.2) is 42.7 Å². The Morgan fingerprint density at radius 3 is 2.48 bits per heavy atom. The predicted octanol–water partition coefficient (Wildman–Crippen LogP) is 3.73. The van der Waals surface area contributed by atoms with Crippen molar-refractivity contribution in [2.24, 2.45) is 0 Å². The topological polar surface area (TPSA) is 49.8 Å². The number of benzene rings is 1. The largest absolute Gasteiger partial charge is 0.369 e. The molecule has 0 aliphatic rings. The maximum absolute atomic E-state index is 4.52. The predicted molar refractivity (Wildman–Crippen MR) is 88.7 cm³/mol. The number of aryl methyl sites for hydroxylation is 1. The van der Waals surface area contributed by atoms with E-state index in [9.17, 15) is 0 Å². The van der Waals surface area contributed by atoms with E-state index in [-0.39, 0.29) is 5.54 Å². The summed E-state index contributed by atoms with van der Waals surface area (Å²) in [6, 6.07) is 10.6. The van der Waals surface area contributed by atoms with Crippen molar-refractivity contribution in [1.82, 2.24) is 9.97 Å². The lowest BCUT2D eigenvalue weighted by atomic mass is 9.95. The summed E-state index contributed by atoms with van der Waals surface area (Å²) < 4.78 is 0. The summed E-state index contributed by atoms with van der Waals surface area (Å²) in [5.74, 6) is 1.62. The Morgan fingerprint density at radius 1 is 1.05 bits per heavy atom. The van der Waals surface area contributed by atoms with Gasteiger partial charge in [-0.1, -0.05) is 30.3 Å². The monoisotopic (exact) mass is 284 g/mol. The quantitative estimate of drug-likeness (QED) is 0.813. The van der Waals surface area contributed by atoms with Crippen LogP contribution in [0.25, 0.3) is 0 Å². The number of aromatic nitrogens is 2. The fourth-order valence-electron chi connectivity index (χ4n) is 2.20. The number of nitrogens with one attached hydrogen (secondary N) is 2. The van der Waals surface area contributed by atoms with Gasteiger partial charge >= 0.3 is 0 Å². The first-order chi connectivity index (χ1) is 10.1. The van der Waals surface area contributed by atoms with E-state index in [1.54, 1.807) is 12.4 Å². The van der Waals surface area contributed by atoms with Gasteiger partial charge in [0.25, 0.3) is 0 Å². The number of hydrogen-bond donors (Lipinski definition) is 2. The molecule has 0 fully saturated rings. The van der Waals surface area contributed by atoms with E-state index < -0.39 is 0 Å². The molecule has 1 heterocycles. The van der Waals surface area contributed by atoms with Crippen molar-refractivity contribution in [2.45, 2.75) is 39.2 Å². The second-order valence-corrected chi connectivity index (χ2v) is 5.81. The summed E-state index contributed by atoms with van der Waals surface area (Å²) in [7, 11) is 0. The Labute approximate surface area is 127 Å². The minimum absolute atomic E-state index is 0.0324. The molecule has 21 heavy (non-hydrogen) atoms. The standard InChI is InChI=1S/C17H24N4/c1-4-19-15-12-18-13-16(20-15)21-17(2,3)11-10-14-8-6-5-7-9-14/h5-9,12-13H,4,10-11H2,1-3H3,(H2,19,20,21). The molecule has 112 valence electrons. The first kappa shape index (κ1) is 15.3. The molecule has 0 aliphatic carbocycles. The molecule has 0 saturated heterocycles. The number of anilines is 2. The van der Waals surface area contributed by atoms with Crippen LogP contribution in [-0.2, 0) is 6.42 Å². The zero-order valence-corrected chi connectivity index (χ0v) is 13.1. The maximum atomic E-state index is 4.52. The lowest BCUT2D eigenvalue weighted by molar-refractivity contribution is 0.516. The molecule has 0 aliphatic heterocycles. The van der Waals surface area contributed by atoms with Crippen LogP contribution in [-0.4, -0.2) is 22.1 Å². The summed E-state index contributed by atoms with van der Waals surface area (Å²) in [6.07, 6.45) is 5.59. The maximum Gasteiger partial charge on any atom is 0.147 e. The SMILES string of the molecule is CCNc1cncc(NC(C)(C)CCc2ccccc2)n1. The van der Waals surface area contributed by atoms with Crippen LogP contribution in [0.1, 0.15) is 32.8 Å². The minimum atomic E-state index is -0.0324. The van der Waals surface area contributed by atoms with Crippen LogP contribution in [0, 0.1) is 0 Å². The molecule has 0 unspecified atom stereocenters. The van der Waals surface area contributed by atoms with Crippen LogP contribution in [0.5, 0.6) is 0 Å². The zero-order chi connectivity index (χ0) is 15.1. The van der Waals surface area contributed by atoms with E-state index in [0.717, 1.165) is 31.0 Å². The molecule has 2 aromatic rings. The molecular weight excluding hydrogens is 260 g/mol. The Hall–Kier alpha value is -2.10. The first-order valence-electron chi connectivity index (χ1n) is 7.47. The van der Waals surface area contributed by atoms with E-state index in [1.165, 1.54) is 5.56 Å². The highest BCUT2D eigenvalue weighted by atomic mass is 15.1. The number of nitrogens with zero attached hydrogens (tertiary/aromatic N) is 2. The van der Waals surface area contributed by atoms with Crippen LogP contribution < -0.4 is 10.6 Å². The Balaban J connectivity index is 1.95. The number of hydrogen-bond acceptors (Lipinski definition) is 4. The van der Waals surface area contributed by atoms with Crippen LogP contribution >= 0.6 is 0 Å². The fourth-order valence-corrected chi connectivity index (χ4v) is 2.20. The average molecular weight is 284 g/mol. The molecule has 0 spiro atoms. The van der Waals surface area contributed by atoms with E-state index in [4.69, 9.17) is 0 Å². The zero-order valence-electron chi connectivity index (χ0n) is 13.1. The number of rotatable bonds is 7. The van der Waals surface area contributed by atoms with Gasteiger partial charge in [0.1, 0.15) is 11.6 Å². The summed E-state index contributed by atoms with van der Waals surface area (Å²) >= 11 is 0. The van der Waals surface area contributed by atoms with Crippen LogP contribution in [0.2, 0.25) is 0 Å². The molecule has 1 aromatic carbocycles. The van der Waals surface area contributed by atoms with Gasteiger partial charge in [0.2, 0.25) is 0 Å². The molecule has 0 atom stereocenters. The molecule has 2 N–H and O–H groups in total. The third-order valence-corrected chi connectivity index (χ3v) is 3.34. The summed E-state index contributed by atoms with van der Waals surface area (Å²) in [6.45, 7) is 7.27. The third-order valence-electron chi connectivity index (χ3n) is 3.34. The Bertz CT molecular complexity index is 552. The van der Waals surface area contributed by atoms with Crippen molar-refractivity contribution >= 4 is 11.6 Å². The molecule has 4 nitrogen and oxygen atoms in total. The lowest BCUT2D eigenvalue weighted by Crippen LogP contribution is -2.32. The van der Waals surface area contributed by atoms with Crippen molar-refractivity contribution < 1.29 is 0 Å². The van der Waals surface area contributed by atoms with Crippen molar-refractivity contribution in [2.75, 3.05) is 17.2 Å². The van der Waals surface area contributed by atoms with Crippen molar-refractivity contribution in [3.8, 4) is 0 Å². The van der Waals surface area contributed by atoms with Gasteiger partial charge < -0.3 is 10.6 Å². The van der Waals surface area contributed by atoms with Crippen molar-refractivity contribution in [3.05, 3.63) is 48.3 Å². The molecule has 0 amide bonds. The van der Waals surface area contributed by atoms with E-state index in [0.29, 0.717) is 0 Å². The molecular formula is C17H24N4. The molecule has 4 heteroatoms. The van der Waals surface area contributed by atoms with E-state index in [1.807, 2.05) is 6.92 Å². The van der Waals surface area contributed by atoms with Gasteiger partial charge in [-0.25, -0.2) is 4.98 Å². The highest BCUT2D eigenvalue weighted by Crippen LogP contribution is 2.19. The normalized spacial score (nSPS) is 11.2. The van der Waals surface area contributed by atoms with Gasteiger partial charge in [-0.2, -0.15) is 0 Å². The first-order valence-corrected chi connectivity index (χ1v) is 7.47. The van der Waals surface area contributed by atoms with Crippen LogP contribution in [0.4, 0.5) is 11.6 Å². The summed E-state index contributed by atoms with van der Waals surface area (Å²) in [5, 5.41) is 6.65. The van der Waals surface area contributed by atoms with Gasteiger partial charge in [0.05, 0.1) is 12.4 Å². The molecule has 1 aromatic heterocycles. The van der Waals surface area contributed by atoms with E-state index >= 15 is 0 Å². The second kappa shape index (κ2) is 7.07. The van der Waals surface area contributed by atoms with Crippen molar-refractivity contribution in [3.63, 3.8) is 0 Å². The van der Waals surface area contributed by atoms with Gasteiger partial charge in [-0.05, 0) is 39.2 Å². The molecule has 0 bridgehead atoms. The molecule has 0 radical (unpaired) electrons. The van der Waals surface area contributed by atoms with Gasteiger partial charge in [-0.15, -0.1) is 0 Å². The minimum Gasteiger partial charge on any atom is -0.369 e. The van der Waals surface area contributed by atoms with Gasteiger partial charge in [0, 0.05) is 12.1 Å². The average Bonchev–Trinajstić information content (AvgIpc) is 2.47. The lowest BCUT2D eigenvalue weighted by Gasteiger charge is -2.27. The van der Waals surface area contributed by atoms with E-state index in [2.05, 4.69) is 64.8 Å². The summed E-state index contributed by atoms with van der Waals surface area (Å²) in [4.78, 5) is 8.74. The molecule has 2 rings (SSSR count). The third kappa shape index (κ3) is 5.06. The van der Waals surface area contributed by atoms with Gasteiger partial charge in [-0.3, -0.25) is 4.98 Å². The Morgan fingerprint density at radius 2 is 1.76 bits per heavy atom. The fraction of sp³-hybridized carbons (Fsp3) is 0.412. The summed E-state index contributed by atoms with van der Waals surface area (Å²) in [5.41, 5.74) is 1.33. The smallest absolute Gasteiger partial charge is 0.147 e. The van der Waals surface area contributed by atoms with Crippen molar-refractivity contribution in [1.29, 1.82) is 0 Å². The van der Waals surface area contributed by atoms with Gasteiger partial charge in [0.15, 0.2) is 0 Å². The highest BCUT2D eigenvalue weighted by Gasteiger charge is 2.18. The highest BCUT2D eigenvalue weighted by molar-refractivity contribution is 5.43. The second-order valence-electron chi connectivity index (χ2n) is 5.81.